The zero-order valence-corrected chi connectivity index (χ0v) is 15.0. The molecule has 27 heavy (non-hydrogen) atoms. The van der Waals surface area contributed by atoms with Crippen molar-refractivity contribution in [1.29, 1.82) is 0 Å². The van der Waals surface area contributed by atoms with Gasteiger partial charge in [0.1, 0.15) is 6.04 Å². The van der Waals surface area contributed by atoms with Crippen molar-refractivity contribution < 1.29 is 19.5 Å². The van der Waals surface area contributed by atoms with Gasteiger partial charge >= 0.3 is 12.0 Å². The number of aromatic amines is 1. The first kappa shape index (κ1) is 18.8. The smallest absolute Gasteiger partial charge is 0.326 e. The SMILES string of the molecule is O=C(CNC(=O)N[C@H](Cc1c[nH]c2ccccc12)C(=O)O)NC1CCCC1. The second-order valence-electron chi connectivity index (χ2n) is 6.83. The number of carboxylic acid groups (broad SMARTS) is 1. The van der Waals surface area contributed by atoms with Gasteiger partial charge < -0.3 is 26.0 Å². The number of H-pyrrole nitrogens is 1. The predicted molar refractivity (Wildman–Crippen MR) is 100 cm³/mol. The van der Waals surface area contributed by atoms with Crippen molar-refractivity contribution in [2.45, 2.75) is 44.2 Å². The van der Waals surface area contributed by atoms with E-state index in [0.717, 1.165) is 42.1 Å². The highest BCUT2D eigenvalue weighted by Gasteiger charge is 2.22. The Balaban J connectivity index is 1.52. The monoisotopic (exact) mass is 372 g/mol. The largest absolute Gasteiger partial charge is 0.480 e. The molecular formula is C19H24N4O4. The van der Waals surface area contributed by atoms with Crippen molar-refractivity contribution in [3.8, 4) is 0 Å². The van der Waals surface area contributed by atoms with E-state index in [0.29, 0.717) is 0 Å². The summed E-state index contributed by atoms with van der Waals surface area (Å²) in [5.74, 6) is -1.40. The lowest BCUT2D eigenvalue weighted by molar-refractivity contribution is -0.139. The van der Waals surface area contributed by atoms with Crippen LogP contribution in [0.5, 0.6) is 0 Å². The van der Waals surface area contributed by atoms with E-state index < -0.39 is 18.0 Å². The number of carbonyl (C=O) groups excluding carboxylic acids is 2. The number of rotatable bonds is 7. The Morgan fingerprint density at radius 2 is 1.93 bits per heavy atom. The van der Waals surface area contributed by atoms with E-state index in [9.17, 15) is 19.5 Å². The van der Waals surface area contributed by atoms with Crippen LogP contribution in [0.1, 0.15) is 31.2 Å². The number of amides is 3. The molecule has 2 aromatic rings. The summed E-state index contributed by atoms with van der Waals surface area (Å²) in [5, 5.41) is 18.1. The minimum Gasteiger partial charge on any atom is -0.480 e. The molecule has 3 amide bonds. The number of benzene rings is 1. The molecule has 1 heterocycles. The zero-order valence-electron chi connectivity index (χ0n) is 15.0. The molecule has 1 fully saturated rings. The van der Waals surface area contributed by atoms with Crippen molar-refractivity contribution in [3.63, 3.8) is 0 Å². The normalized spacial score (nSPS) is 15.4. The third-order valence-electron chi connectivity index (χ3n) is 4.83. The average molecular weight is 372 g/mol. The van der Waals surface area contributed by atoms with Crippen LogP contribution in [0.15, 0.2) is 30.5 Å². The number of carbonyl (C=O) groups is 3. The third-order valence-corrected chi connectivity index (χ3v) is 4.83. The van der Waals surface area contributed by atoms with E-state index in [1.807, 2.05) is 24.3 Å². The topological polar surface area (TPSA) is 123 Å². The van der Waals surface area contributed by atoms with Crippen LogP contribution in [-0.2, 0) is 16.0 Å². The quantitative estimate of drug-likeness (QED) is 0.505. The Kier molecular flexibility index (Phi) is 5.95. The van der Waals surface area contributed by atoms with Crippen LogP contribution < -0.4 is 16.0 Å². The molecule has 1 saturated carbocycles. The number of urea groups is 1. The van der Waals surface area contributed by atoms with E-state index in [1.54, 1.807) is 6.20 Å². The minimum absolute atomic E-state index is 0.140. The fourth-order valence-corrected chi connectivity index (χ4v) is 3.44. The van der Waals surface area contributed by atoms with Gasteiger partial charge in [-0.3, -0.25) is 4.79 Å². The van der Waals surface area contributed by atoms with Gasteiger partial charge in [0.05, 0.1) is 6.54 Å². The van der Waals surface area contributed by atoms with Crippen molar-refractivity contribution >= 4 is 28.8 Å². The molecule has 5 N–H and O–H groups in total. The maximum Gasteiger partial charge on any atom is 0.326 e. The standard InChI is InChI=1S/C19H24N4O4/c24-17(22-13-5-1-2-6-13)11-21-19(27)23-16(18(25)26)9-12-10-20-15-8-4-3-7-14(12)15/h3-4,7-8,10,13,16,20H,1-2,5-6,9,11H2,(H,22,24)(H,25,26)(H2,21,23,27)/t16-/m1/s1. The van der Waals surface area contributed by atoms with Gasteiger partial charge in [-0.05, 0) is 24.5 Å². The second-order valence-corrected chi connectivity index (χ2v) is 6.83. The highest BCUT2D eigenvalue weighted by Crippen LogP contribution is 2.19. The van der Waals surface area contributed by atoms with Gasteiger partial charge in [0.25, 0.3) is 0 Å². The molecule has 8 nitrogen and oxygen atoms in total. The molecule has 1 aromatic carbocycles. The van der Waals surface area contributed by atoms with Crippen LogP contribution in [-0.4, -0.2) is 46.6 Å². The number of hydrogen-bond donors (Lipinski definition) is 5. The number of aromatic nitrogens is 1. The Morgan fingerprint density at radius 1 is 1.19 bits per heavy atom. The van der Waals surface area contributed by atoms with Crippen molar-refractivity contribution in [1.82, 2.24) is 20.9 Å². The summed E-state index contributed by atoms with van der Waals surface area (Å²) < 4.78 is 0. The van der Waals surface area contributed by atoms with Crippen molar-refractivity contribution in [3.05, 3.63) is 36.0 Å². The molecule has 1 aromatic heterocycles. The number of hydrogen-bond acceptors (Lipinski definition) is 3. The van der Waals surface area contributed by atoms with Crippen molar-refractivity contribution in [2.75, 3.05) is 6.54 Å². The van der Waals surface area contributed by atoms with Gasteiger partial charge in [-0.25, -0.2) is 9.59 Å². The average Bonchev–Trinajstić information content (AvgIpc) is 3.29. The third kappa shape index (κ3) is 4.99. The highest BCUT2D eigenvalue weighted by molar-refractivity contribution is 5.88. The molecule has 144 valence electrons. The summed E-state index contributed by atoms with van der Waals surface area (Å²) in [6.07, 6.45) is 6.02. The van der Waals surface area contributed by atoms with Crippen LogP contribution in [0, 0.1) is 0 Å². The Morgan fingerprint density at radius 3 is 2.67 bits per heavy atom. The molecule has 8 heteroatoms. The summed E-state index contributed by atoms with van der Waals surface area (Å²) in [4.78, 5) is 38.5. The van der Waals surface area contributed by atoms with E-state index in [2.05, 4.69) is 20.9 Å². The van der Waals surface area contributed by atoms with Crippen LogP contribution >= 0.6 is 0 Å². The van der Waals surface area contributed by atoms with E-state index in [1.165, 1.54) is 0 Å². The second kappa shape index (κ2) is 8.57. The highest BCUT2D eigenvalue weighted by atomic mass is 16.4. The van der Waals surface area contributed by atoms with Crippen LogP contribution in [0.25, 0.3) is 10.9 Å². The molecule has 1 atom stereocenters. The lowest BCUT2D eigenvalue weighted by Crippen LogP contribution is -2.49. The Hall–Kier alpha value is -3.03. The minimum atomic E-state index is -1.13. The zero-order chi connectivity index (χ0) is 19.2. The fourth-order valence-electron chi connectivity index (χ4n) is 3.44. The van der Waals surface area contributed by atoms with Gasteiger partial charge in [0, 0.05) is 29.6 Å². The summed E-state index contributed by atoms with van der Waals surface area (Å²) in [7, 11) is 0. The first-order chi connectivity index (χ1) is 13.0. The lowest BCUT2D eigenvalue weighted by Gasteiger charge is -2.16. The number of para-hydroxylation sites is 1. The maximum atomic E-state index is 12.0. The van der Waals surface area contributed by atoms with Gasteiger partial charge in [-0.1, -0.05) is 31.0 Å². The Labute approximate surface area is 156 Å². The molecule has 0 spiro atoms. The number of aliphatic carboxylic acids is 1. The van der Waals surface area contributed by atoms with Gasteiger partial charge in [-0.15, -0.1) is 0 Å². The van der Waals surface area contributed by atoms with Gasteiger partial charge in [0.2, 0.25) is 5.91 Å². The van der Waals surface area contributed by atoms with Crippen LogP contribution in [0.3, 0.4) is 0 Å². The summed E-state index contributed by atoms with van der Waals surface area (Å²) in [5.41, 5.74) is 1.71. The first-order valence-corrected chi connectivity index (χ1v) is 9.14. The molecule has 3 rings (SSSR count). The first-order valence-electron chi connectivity index (χ1n) is 9.14. The molecule has 0 saturated heterocycles. The van der Waals surface area contributed by atoms with E-state index in [4.69, 9.17) is 0 Å². The molecule has 0 aliphatic heterocycles. The molecular weight excluding hydrogens is 348 g/mol. The predicted octanol–water partition coefficient (Wildman–Crippen LogP) is 1.52. The van der Waals surface area contributed by atoms with Crippen molar-refractivity contribution in [2.24, 2.45) is 0 Å². The molecule has 1 aliphatic rings. The molecule has 0 radical (unpaired) electrons. The lowest BCUT2D eigenvalue weighted by atomic mass is 10.1. The fraction of sp³-hybridized carbons (Fsp3) is 0.421. The van der Waals surface area contributed by atoms with Gasteiger partial charge in [0.15, 0.2) is 0 Å². The molecule has 0 bridgehead atoms. The Bertz CT molecular complexity index is 826. The molecule has 1 aliphatic carbocycles. The van der Waals surface area contributed by atoms with E-state index in [-0.39, 0.29) is 24.9 Å². The number of nitrogens with one attached hydrogen (secondary N) is 4. The summed E-state index contributed by atoms with van der Waals surface area (Å²) in [6.45, 7) is -0.179. The number of carboxylic acids is 1. The molecule has 0 unspecified atom stereocenters. The van der Waals surface area contributed by atoms with Crippen LogP contribution in [0.4, 0.5) is 4.79 Å². The maximum absolute atomic E-state index is 12.0. The van der Waals surface area contributed by atoms with E-state index >= 15 is 0 Å². The number of fused-ring (bicyclic) bond motifs is 1. The summed E-state index contributed by atoms with van der Waals surface area (Å²) in [6, 6.07) is 5.96. The van der Waals surface area contributed by atoms with Crippen LogP contribution in [0.2, 0.25) is 0 Å². The summed E-state index contributed by atoms with van der Waals surface area (Å²) >= 11 is 0. The van der Waals surface area contributed by atoms with Gasteiger partial charge in [-0.2, -0.15) is 0 Å².